The SMILES string of the molecule is CSc1ncc(Br)c(N2CCC(C)CC2)n1. The summed E-state index contributed by atoms with van der Waals surface area (Å²) in [7, 11) is 0. The number of rotatable bonds is 2. The van der Waals surface area contributed by atoms with Crippen LogP contribution in [-0.2, 0) is 0 Å². The van der Waals surface area contributed by atoms with Gasteiger partial charge in [0.15, 0.2) is 5.16 Å². The molecule has 0 amide bonds. The average molecular weight is 302 g/mol. The zero-order valence-corrected chi connectivity index (χ0v) is 12.0. The molecule has 1 saturated heterocycles. The molecule has 1 aromatic rings. The Balaban J connectivity index is 2.19. The molecule has 0 saturated carbocycles. The lowest BCUT2D eigenvalue weighted by atomic mass is 9.99. The van der Waals surface area contributed by atoms with Crippen LogP contribution >= 0.6 is 27.7 Å². The van der Waals surface area contributed by atoms with Crippen molar-refractivity contribution in [1.82, 2.24) is 9.97 Å². The summed E-state index contributed by atoms with van der Waals surface area (Å²) in [6.45, 7) is 4.52. The first-order valence-corrected chi connectivity index (χ1v) is 7.54. The Morgan fingerprint density at radius 1 is 1.44 bits per heavy atom. The molecule has 1 aliphatic rings. The van der Waals surface area contributed by atoms with Crippen LogP contribution in [0.25, 0.3) is 0 Å². The molecule has 2 heterocycles. The minimum atomic E-state index is 0.844. The summed E-state index contributed by atoms with van der Waals surface area (Å²) in [6, 6.07) is 0. The summed E-state index contributed by atoms with van der Waals surface area (Å²) >= 11 is 5.12. The fourth-order valence-electron chi connectivity index (χ4n) is 1.88. The Hall–Kier alpha value is -0.290. The second-order valence-corrected chi connectivity index (χ2v) is 5.83. The van der Waals surface area contributed by atoms with Gasteiger partial charge in [-0.05, 0) is 40.9 Å². The fraction of sp³-hybridized carbons (Fsp3) is 0.636. The highest BCUT2D eigenvalue weighted by Gasteiger charge is 2.19. The number of nitrogens with zero attached hydrogens (tertiary/aromatic N) is 3. The molecule has 2 rings (SSSR count). The van der Waals surface area contributed by atoms with E-state index >= 15 is 0 Å². The summed E-state index contributed by atoms with van der Waals surface area (Å²) in [5.41, 5.74) is 0. The van der Waals surface area contributed by atoms with Gasteiger partial charge in [-0.3, -0.25) is 0 Å². The number of anilines is 1. The second-order valence-electron chi connectivity index (χ2n) is 4.20. The molecule has 0 aliphatic carbocycles. The first-order chi connectivity index (χ1) is 7.70. The van der Waals surface area contributed by atoms with Gasteiger partial charge in [-0.1, -0.05) is 18.7 Å². The topological polar surface area (TPSA) is 29.0 Å². The van der Waals surface area contributed by atoms with Gasteiger partial charge in [0.05, 0.1) is 4.47 Å². The number of halogens is 1. The molecule has 1 aliphatic heterocycles. The summed E-state index contributed by atoms with van der Waals surface area (Å²) in [5, 5.41) is 0.844. The van der Waals surface area contributed by atoms with Gasteiger partial charge < -0.3 is 4.90 Å². The zero-order chi connectivity index (χ0) is 11.5. The quantitative estimate of drug-likeness (QED) is 0.620. The smallest absolute Gasteiger partial charge is 0.189 e. The van der Waals surface area contributed by atoms with Crippen LogP contribution in [0.2, 0.25) is 0 Å². The van der Waals surface area contributed by atoms with Crippen LogP contribution in [0.5, 0.6) is 0 Å². The maximum atomic E-state index is 4.57. The van der Waals surface area contributed by atoms with Crippen LogP contribution in [0.15, 0.2) is 15.8 Å². The molecule has 0 atom stereocenters. The van der Waals surface area contributed by atoms with Crippen molar-refractivity contribution in [2.24, 2.45) is 5.92 Å². The van der Waals surface area contributed by atoms with Crippen molar-refractivity contribution in [3.63, 3.8) is 0 Å². The van der Waals surface area contributed by atoms with E-state index in [0.29, 0.717) is 0 Å². The van der Waals surface area contributed by atoms with E-state index in [9.17, 15) is 0 Å². The molecule has 0 spiro atoms. The van der Waals surface area contributed by atoms with Gasteiger partial charge in [-0.25, -0.2) is 9.97 Å². The summed E-state index contributed by atoms with van der Waals surface area (Å²) in [4.78, 5) is 11.2. The van der Waals surface area contributed by atoms with Gasteiger partial charge in [0, 0.05) is 19.3 Å². The molecule has 5 heteroatoms. The van der Waals surface area contributed by atoms with Crippen LogP contribution in [0.3, 0.4) is 0 Å². The normalized spacial score (nSPS) is 17.8. The van der Waals surface area contributed by atoms with E-state index in [1.54, 1.807) is 11.8 Å². The van der Waals surface area contributed by atoms with E-state index in [0.717, 1.165) is 34.5 Å². The zero-order valence-electron chi connectivity index (χ0n) is 9.61. The maximum Gasteiger partial charge on any atom is 0.189 e. The van der Waals surface area contributed by atoms with Crippen molar-refractivity contribution in [1.29, 1.82) is 0 Å². The van der Waals surface area contributed by atoms with Crippen molar-refractivity contribution in [2.75, 3.05) is 24.2 Å². The molecular weight excluding hydrogens is 286 g/mol. The highest BCUT2D eigenvalue weighted by Crippen LogP contribution is 2.28. The Bertz CT molecular complexity index is 364. The molecule has 16 heavy (non-hydrogen) atoms. The van der Waals surface area contributed by atoms with Crippen molar-refractivity contribution in [3.05, 3.63) is 10.7 Å². The van der Waals surface area contributed by atoms with Crippen molar-refractivity contribution >= 4 is 33.5 Å². The Morgan fingerprint density at radius 3 is 2.75 bits per heavy atom. The highest BCUT2D eigenvalue weighted by molar-refractivity contribution is 9.10. The van der Waals surface area contributed by atoms with Crippen LogP contribution in [0.4, 0.5) is 5.82 Å². The van der Waals surface area contributed by atoms with Gasteiger partial charge in [-0.2, -0.15) is 0 Å². The molecule has 1 aromatic heterocycles. The molecule has 3 nitrogen and oxygen atoms in total. The van der Waals surface area contributed by atoms with E-state index in [1.807, 2.05) is 12.5 Å². The van der Waals surface area contributed by atoms with Gasteiger partial charge in [0.1, 0.15) is 5.82 Å². The fourth-order valence-corrected chi connectivity index (χ4v) is 2.66. The lowest BCUT2D eigenvalue weighted by Crippen LogP contribution is -2.33. The summed E-state index contributed by atoms with van der Waals surface area (Å²) < 4.78 is 1.000. The summed E-state index contributed by atoms with van der Waals surface area (Å²) in [6.07, 6.45) is 6.37. The van der Waals surface area contributed by atoms with Crippen LogP contribution in [0.1, 0.15) is 19.8 Å². The predicted molar refractivity (Wildman–Crippen MR) is 72.1 cm³/mol. The van der Waals surface area contributed by atoms with E-state index in [-0.39, 0.29) is 0 Å². The standard InChI is InChI=1S/C11H16BrN3S/c1-8-3-5-15(6-4-8)10-9(12)7-13-11(14-10)16-2/h7-8H,3-6H2,1-2H3. The van der Waals surface area contributed by atoms with Crippen LogP contribution in [0, 0.1) is 5.92 Å². The van der Waals surface area contributed by atoms with Gasteiger partial charge in [-0.15, -0.1) is 0 Å². The number of hydrogen-bond acceptors (Lipinski definition) is 4. The Morgan fingerprint density at radius 2 is 2.12 bits per heavy atom. The van der Waals surface area contributed by atoms with Gasteiger partial charge in [0.25, 0.3) is 0 Å². The molecule has 88 valence electrons. The minimum Gasteiger partial charge on any atom is -0.356 e. The lowest BCUT2D eigenvalue weighted by molar-refractivity contribution is 0.435. The van der Waals surface area contributed by atoms with Gasteiger partial charge >= 0.3 is 0 Å². The number of aromatic nitrogens is 2. The second kappa shape index (κ2) is 5.36. The summed E-state index contributed by atoms with van der Waals surface area (Å²) in [5.74, 6) is 1.89. The Labute approximate surface area is 109 Å². The van der Waals surface area contributed by atoms with E-state index in [1.165, 1.54) is 12.8 Å². The highest BCUT2D eigenvalue weighted by atomic mass is 79.9. The third-order valence-electron chi connectivity index (χ3n) is 2.97. The first kappa shape index (κ1) is 12.2. The molecule has 0 bridgehead atoms. The predicted octanol–water partition coefficient (Wildman–Crippen LogP) is 3.20. The molecule has 1 fully saturated rings. The molecule has 0 N–H and O–H groups in total. The monoisotopic (exact) mass is 301 g/mol. The van der Waals surface area contributed by atoms with Crippen LogP contribution in [-0.4, -0.2) is 29.3 Å². The van der Waals surface area contributed by atoms with Crippen molar-refractivity contribution < 1.29 is 0 Å². The first-order valence-electron chi connectivity index (χ1n) is 5.52. The number of thioether (sulfide) groups is 1. The van der Waals surface area contributed by atoms with Gasteiger partial charge in [0.2, 0.25) is 0 Å². The van der Waals surface area contributed by atoms with Crippen molar-refractivity contribution in [3.8, 4) is 0 Å². The van der Waals surface area contributed by atoms with E-state index in [2.05, 4.69) is 37.7 Å². The molecule has 0 radical (unpaired) electrons. The maximum absolute atomic E-state index is 4.57. The number of piperidine rings is 1. The largest absolute Gasteiger partial charge is 0.356 e. The molecular formula is C11H16BrN3S. The van der Waals surface area contributed by atoms with Crippen molar-refractivity contribution in [2.45, 2.75) is 24.9 Å². The molecule has 0 unspecified atom stereocenters. The third-order valence-corrected chi connectivity index (χ3v) is 4.09. The molecule has 0 aromatic carbocycles. The van der Waals surface area contributed by atoms with Crippen LogP contribution < -0.4 is 4.90 Å². The van der Waals surface area contributed by atoms with E-state index in [4.69, 9.17) is 0 Å². The lowest BCUT2D eigenvalue weighted by Gasteiger charge is -2.31. The third kappa shape index (κ3) is 2.69. The number of hydrogen-bond donors (Lipinski definition) is 0. The Kier molecular flexibility index (Phi) is 4.08. The average Bonchev–Trinajstić information content (AvgIpc) is 2.31. The van der Waals surface area contributed by atoms with E-state index < -0.39 is 0 Å². The minimum absolute atomic E-state index is 0.844.